The first-order valence-electron chi connectivity index (χ1n) is 3.67. The molecule has 3 nitrogen and oxygen atoms in total. The second-order valence-corrected chi connectivity index (χ2v) is 2.68. The van der Waals surface area contributed by atoms with Gasteiger partial charge in [-0.1, -0.05) is 6.07 Å². The summed E-state index contributed by atoms with van der Waals surface area (Å²) in [6.45, 7) is 0. The van der Waals surface area contributed by atoms with Crippen LogP contribution in [0.25, 0.3) is 10.8 Å². The topological polar surface area (TPSA) is 64.9 Å². The molecule has 0 saturated carbocycles. The molecule has 2 rings (SSSR count). The lowest BCUT2D eigenvalue weighted by molar-refractivity contribution is 1.37. The number of benzene rings is 1. The Hall–Kier alpha value is -1.77. The largest absolute Gasteiger partial charge is 0.399 e. The Morgan fingerprint density at radius 1 is 1.08 bits per heavy atom. The molecule has 3 heteroatoms. The van der Waals surface area contributed by atoms with E-state index in [1.54, 1.807) is 6.20 Å². The minimum absolute atomic E-state index is 0.528. The van der Waals surface area contributed by atoms with Crippen LogP contribution in [0.5, 0.6) is 0 Å². The van der Waals surface area contributed by atoms with Crippen LogP contribution in [0.4, 0.5) is 11.5 Å². The van der Waals surface area contributed by atoms with Gasteiger partial charge in [0.1, 0.15) is 5.82 Å². The molecule has 1 aromatic heterocycles. The number of hydrogen-bond acceptors (Lipinski definition) is 3. The van der Waals surface area contributed by atoms with Gasteiger partial charge in [-0.25, -0.2) is 4.98 Å². The molecule has 0 radical (unpaired) electrons. The average Bonchev–Trinajstić information content (AvgIpc) is 2.07. The molecule has 0 atom stereocenters. The van der Waals surface area contributed by atoms with E-state index in [0.29, 0.717) is 11.5 Å². The third-order valence-electron chi connectivity index (χ3n) is 1.82. The molecule has 12 heavy (non-hydrogen) atoms. The van der Waals surface area contributed by atoms with Crippen molar-refractivity contribution in [2.45, 2.75) is 0 Å². The van der Waals surface area contributed by atoms with Gasteiger partial charge in [0.2, 0.25) is 0 Å². The normalized spacial score (nSPS) is 10.3. The standard InChI is InChI=1S/C9H9N3/c10-7-2-1-6-3-4-12-9(11)8(6)5-7/h1-5H,10H2,(H2,11,12). The van der Waals surface area contributed by atoms with Crippen LogP contribution < -0.4 is 11.5 Å². The second kappa shape index (κ2) is 2.37. The summed E-state index contributed by atoms with van der Waals surface area (Å²) in [7, 11) is 0. The zero-order chi connectivity index (χ0) is 8.55. The van der Waals surface area contributed by atoms with Crippen molar-refractivity contribution in [3.05, 3.63) is 30.5 Å². The highest BCUT2D eigenvalue weighted by Gasteiger charge is 1.97. The molecule has 60 valence electrons. The van der Waals surface area contributed by atoms with E-state index < -0.39 is 0 Å². The number of nitrogens with two attached hydrogens (primary N) is 2. The highest BCUT2D eigenvalue weighted by Crippen LogP contribution is 2.20. The SMILES string of the molecule is Nc1ccc2ccnc(N)c2c1. The van der Waals surface area contributed by atoms with Gasteiger partial charge < -0.3 is 11.5 Å². The molecule has 0 spiro atoms. The van der Waals surface area contributed by atoms with Crippen LogP contribution in [0.2, 0.25) is 0 Å². The molecule has 1 aromatic carbocycles. The number of aromatic nitrogens is 1. The van der Waals surface area contributed by atoms with Crippen LogP contribution in [0.1, 0.15) is 0 Å². The molecule has 0 amide bonds. The quantitative estimate of drug-likeness (QED) is 0.571. The predicted octanol–water partition coefficient (Wildman–Crippen LogP) is 1.40. The molecule has 0 aliphatic rings. The molecular weight excluding hydrogens is 150 g/mol. The zero-order valence-electron chi connectivity index (χ0n) is 6.49. The Bertz CT molecular complexity index is 423. The molecule has 0 aliphatic carbocycles. The molecular formula is C9H9N3. The van der Waals surface area contributed by atoms with Gasteiger partial charge in [0, 0.05) is 17.3 Å². The van der Waals surface area contributed by atoms with E-state index in [9.17, 15) is 0 Å². The first-order chi connectivity index (χ1) is 5.77. The van der Waals surface area contributed by atoms with Crippen LogP contribution in [0.3, 0.4) is 0 Å². The second-order valence-electron chi connectivity index (χ2n) is 2.68. The lowest BCUT2D eigenvalue weighted by Gasteiger charge is -2.00. The lowest BCUT2D eigenvalue weighted by atomic mass is 10.1. The Morgan fingerprint density at radius 3 is 2.75 bits per heavy atom. The van der Waals surface area contributed by atoms with Crippen LogP contribution in [-0.4, -0.2) is 4.98 Å². The van der Waals surface area contributed by atoms with Crippen molar-refractivity contribution in [2.75, 3.05) is 11.5 Å². The average molecular weight is 159 g/mol. The number of anilines is 2. The van der Waals surface area contributed by atoms with E-state index in [4.69, 9.17) is 11.5 Å². The number of hydrogen-bond donors (Lipinski definition) is 2. The van der Waals surface area contributed by atoms with E-state index in [1.807, 2.05) is 24.3 Å². The van der Waals surface area contributed by atoms with Gasteiger partial charge >= 0.3 is 0 Å². The molecule has 4 N–H and O–H groups in total. The van der Waals surface area contributed by atoms with Crippen molar-refractivity contribution in [1.29, 1.82) is 0 Å². The van der Waals surface area contributed by atoms with Crippen LogP contribution >= 0.6 is 0 Å². The minimum Gasteiger partial charge on any atom is -0.399 e. The highest BCUT2D eigenvalue weighted by atomic mass is 14.8. The summed E-state index contributed by atoms with van der Waals surface area (Å²) < 4.78 is 0. The lowest BCUT2D eigenvalue weighted by Crippen LogP contribution is -1.92. The van der Waals surface area contributed by atoms with Crippen molar-refractivity contribution in [3.8, 4) is 0 Å². The Labute approximate surface area is 70.0 Å². The van der Waals surface area contributed by atoms with Crippen molar-refractivity contribution in [3.63, 3.8) is 0 Å². The van der Waals surface area contributed by atoms with Crippen LogP contribution in [0, 0.1) is 0 Å². The van der Waals surface area contributed by atoms with Crippen molar-refractivity contribution >= 4 is 22.3 Å². The number of nitrogen functional groups attached to an aromatic ring is 2. The summed E-state index contributed by atoms with van der Waals surface area (Å²) in [6.07, 6.45) is 1.69. The minimum atomic E-state index is 0.528. The number of fused-ring (bicyclic) bond motifs is 1. The summed E-state index contributed by atoms with van der Waals surface area (Å²) in [5.74, 6) is 0.528. The third kappa shape index (κ3) is 0.955. The van der Waals surface area contributed by atoms with Crippen molar-refractivity contribution in [2.24, 2.45) is 0 Å². The van der Waals surface area contributed by atoms with E-state index in [2.05, 4.69) is 4.98 Å². The fourth-order valence-electron chi connectivity index (χ4n) is 1.21. The number of rotatable bonds is 0. The molecule has 2 aromatic rings. The van der Waals surface area contributed by atoms with Crippen LogP contribution in [0.15, 0.2) is 30.5 Å². The maximum Gasteiger partial charge on any atom is 0.131 e. The number of nitrogens with zero attached hydrogens (tertiary/aromatic N) is 1. The zero-order valence-corrected chi connectivity index (χ0v) is 6.49. The van der Waals surface area contributed by atoms with E-state index >= 15 is 0 Å². The molecule has 0 bridgehead atoms. The van der Waals surface area contributed by atoms with Gasteiger partial charge in [-0.3, -0.25) is 0 Å². The Morgan fingerprint density at radius 2 is 1.92 bits per heavy atom. The Balaban J connectivity index is 2.88. The predicted molar refractivity (Wildman–Crippen MR) is 50.6 cm³/mol. The van der Waals surface area contributed by atoms with E-state index in [0.717, 1.165) is 10.8 Å². The van der Waals surface area contributed by atoms with E-state index in [-0.39, 0.29) is 0 Å². The fraction of sp³-hybridized carbons (Fsp3) is 0. The molecule has 0 saturated heterocycles. The van der Waals surface area contributed by atoms with Gasteiger partial charge in [0.15, 0.2) is 0 Å². The summed E-state index contributed by atoms with van der Waals surface area (Å²) in [6, 6.07) is 7.52. The molecule has 0 unspecified atom stereocenters. The first kappa shape index (κ1) is 6.91. The number of pyridine rings is 1. The van der Waals surface area contributed by atoms with Crippen molar-refractivity contribution in [1.82, 2.24) is 4.98 Å². The summed E-state index contributed by atoms with van der Waals surface area (Å²) in [4.78, 5) is 3.97. The molecule has 0 fully saturated rings. The monoisotopic (exact) mass is 159 g/mol. The maximum atomic E-state index is 5.66. The van der Waals surface area contributed by atoms with Crippen molar-refractivity contribution < 1.29 is 0 Å². The van der Waals surface area contributed by atoms with Gasteiger partial charge in [-0.05, 0) is 23.6 Å². The van der Waals surface area contributed by atoms with Gasteiger partial charge in [-0.15, -0.1) is 0 Å². The summed E-state index contributed by atoms with van der Waals surface area (Å²) in [5.41, 5.74) is 12.0. The van der Waals surface area contributed by atoms with Crippen LogP contribution in [-0.2, 0) is 0 Å². The molecule has 1 heterocycles. The van der Waals surface area contributed by atoms with Gasteiger partial charge in [0.25, 0.3) is 0 Å². The Kier molecular flexibility index (Phi) is 1.37. The smallest absolute Gasteiger partial charge is 0.131 e. The highest BCUT2D eigenvalue weighted by molar-refractivity contribution is 5.92. The molecule has 0 aliphatic heterocycles. The van der Waals surface area contributed by atoms with Gasteiger partial charge in [-0.2, -0.15) is 0 Å². The summed E-state index contributed by atoms with van der Waals surface area (Å²) in [5, 5.41) is 1.98. The first-order valence-corrected chi connectivity index (χ1v) is 3.67. The van der Waals surface area contributed by atoms with Gasteiger partial charge in [0.05, 0.1) is 0 Å². The third-order valence-corrected chi connectivity index (χ3v) is 1.82. The summed E-state index contributed by atoms with van der Waals surface area (Å²) >= 11 is 0. The maximum absolute atomic E-state index is 5.66. The fourth-order valence-corrected chi connectivity index (χ4v) is 1.21. The van der Waals surface area contributed by atoms with E-state index in [1.165, 1.54) is 0 Å².